The monoisotopic (exact) mass is 477 g/mol. The summed E-state index contributed by atoms with van der Waals surface area (Å²) in [6.45, 7) is 0.138. The van der Waals surface area contributed by atoms with Crippen LogP contribution in [-0.4, -0.2) is 39.8 Å². The van der Waals surface area contributed by atoms with Crippen molar-refractivity contribution >= 4 is 55.0 Å². The van der Waals surface area contributed by atoms with E-state index in [1.807, 2.05) is 0 Å². The number of hydrogen-bond donors (Lipinski definition) is 4. The van der Waals surface area contributed by atoms with Gasteiger partial charge in [-0.15, -0.1) is 0 Å². The minimum absolute atomic E-state index is 0.00518. The molecule has 0 unspecified atom stereocenters. The molecule has 0 heterocycles. The van der Waals surface area contributed by atoms with Gasteiger partial charge >= 0.3 is 6.03 Å². The molecule has 146 valence electrons. The summed E-state index contributed by atoms with van der Waals surface area (Å²) in [6, 6.07) is 8.82. The Morgan fingerprint density at radius 3 is 2.52 bits per heavy atom. The first kappa shape index (κ1) is 21.5. The number of hydrogen-bond acceptors (Lipinski definition) is 5. The fourth-order valence-electron chi connectivity index (χ4n) is 2.09. The van der Waals surface area contributed by atoms with Gasteiger partial charge in [0.15, 0.2) is 5.75 Å². The molecule has 11 heteroatoms. The first-order valence-corrected chi connectivity index (χ1v) is 10.2. The number of carbonyl (C=O) groups excluding carboxylic acids is 1. The highest BCUT2D eigenvalue weighted by Crippen LogP contribution is 2.36. The summed E-state index contributed by atoms with van der Waals surface area (Å²) < 4.78 is 32.5. The molecule has 0 saturated carbocycles. The molecule has 0 aromatic heterocycles. The fourth-order valence-corrected chi connectivity index (χ4v) is 4.12. The van der Waals surface area contributed by atoms with Gasteiger partial charge in [0.2, 0.25) is 10.0 Å². The number of benzene rings is 2. The van der Waals surface area contributed by atoms with Gasteiger partial charge in [-0.2, -0.15) is 0 Å². The zero-order valence-corrected chi connectivity index (χ0v) is 17.3. The SMILES string of the molecule is COCCNS(=O)(=O)c1c(Cl)ccc(NC(=O)Nc2ccccc2Br)c1O. The molecule has 2 aromatic carbocycles. The van der Waals surface area contributed by atoms with Crippen molar-refractivity contribution in [1.82, 2.24) is 4.72 Å². The third kappa shape index (κ3) is 5.56. The lowest BCUT2D eigenvalue weighted by molar-refractivity contribution is 0.204. The zero-order chi connectivity index (χ0) is 20.0. The van der Waals surface area contributed by atoms with Crippen LogP contribution in [0.1, 0.15) is 0 Å². The number of nitrogens with one attached hydrogen (secondary N) is 3. The molecule has 0 aliphatic carbocycles. The number of aromatic hydroxyl groups is 1. The summed E-state index contributed by atoms with van der Waals surface area (Å²) in [7, 11) is -2.69. The van der Waals surface area contributed by atoms with Crippen molar-refractivity contribution in [2.24, 2.45) is 0 Å². The normalized spacial score (nSPS) is 11.2. The van der Waals surface area contributed by atoms with Crippen LogP contribution in [0.5, 0.6) is 5.75 Å². The molecule has 0 aliphatic heterocycles. The zero-order valence-electron chi connectivity index (χ0n) is 14.1. The number of rotatable bonds is 7. The van der Waals surface area contributed by atoms with Crippen LogP contribution < -0.4 is 15.4 Å². The quantitative estimate of drug-likeness (QED) is 0.359. The third-order valence-electron chi connectivity index (χ3n) is 3.32. The topological polar surface area (TPSA) is 117 Å². The van der Waals surface area contributed by atoms with Crippen molar-refractivity contribution in [2.45, 2.75) is 4.90 Å². The number of anilines is 2. The van der Waals surface area contributed by atoms with Crippen LogP contribution >= 0.6 is 27.5 Å². The first-order chi connectivity index (χ1) is 12.8. The number of methoxy groups -OCH3 is 1. The van der Waals surface area contributed by atoms with Crippen LogP contribution in [0, 0.1) is 0 Å². The van der Waals surface area contributed by atoms with E-state index in [0.29, 0.717) is 10.2 Å². The van der Waals surface area contributed by atoms with E-state index < -0.39 is 26.7 Å². The standard InChI is InChI=1S/C16H17BrClN3O5S/c1-26-9-8-19-27(24,25)15-11(18)6-7-13(14(15)22)21-16(23)20-12-5-3-2-4-10(12)17/h2-7,19,22H,8-9H2,1H3,(H2,20,21,23). The second-order valence-corrected chi connectivity index (χ2v) is 8.19. The first-order valence-electron chi connectivity index (χ1n) is 7.59. The number of halogens is 2. The fraction of sp³-hybridized carbons (Fsp3) is 0.188. The van der Waals surface area contributed by atoms with Crippen molar-refractivity contribution in [1.29, 1.82) is 0 Å². The number of urea groups is 1. The molecular weight excluding hydrogens is 462 g/mol. The van der Waals surface area contributed by atoms with Crippen molar-refractivity contribution in [3.05, 3.63) is 45.9 Å². The number of para-hydroxylation sites is 1. The third-order valence-corrected chi connectivity index (χ3v) is 5.97. The van der Waals surface area contributed by atoms with Crippen LogP contribution in [-0.2, 0) is 14.8 Å². The molecule has 8 nitrogen and oxygen atoms in total. The molecule has 0 saturated heterocycles. The Hall–Kier alpha value is -1.85. The predicted octanol–water partition coefficient (Wildman–Crippen LogP) is 3.38. The lowest BCUT2D eigenvalue weighted by Crippen LogP contribution is -2.28. The minimum atomic E-state index is -4.11. The van der Waals surface area contributed by atoms with Gasteiger partial charge in [-0.1, -0.05) is 23.7 Å². The van der Waals surface area contributed by atoms with E-state index in [2.05, 4.69) is 31.3 Å². The average Bonchev–Trinajstić information content (AvgIpc) is 2.59. The van der Waals surface area contributed by atoms with Gasteiger partial charge in [0.25, 0.3) is 0 Å². The number of ether oxygens (including phenoxy) is 1. The molecule has 0 fully saturated rings. The van der Waals surface area contributed by atoms with E-state index in [4.69, 9.17) is 16.3 Å². The highest BCUT2D eigenvalue weighted by molar-refractivity contribution is 9.10. The number of amides is 2. The van der Waals surface area contributed by atoms with Gasteiger partial charge in [-0.3, -0.25) is 0 Å². The highest BCUT2D eigenvalue weighted by atomic mass is 79.9. The molecule has 0 aliphatic rings. The minimum Gasteiger partial charge on any atom is -0.504 e. The van der Waals surface area contributed by atoms with Crippen LogP contribution in [0.3, 0.4) is 0 Å². The van der Waals surface area contributed by atoms with Gasteiger partial charge in [0, 0.05) is 18.1 Å². The number of phenolic OH excluding ortho intramolecular Hbond substituents is 1. The highest BCUT2D eigenvalue weighted by Gasteiger charge is 2.25. The molecular formula is C16H17BrClN3O5S. The van der Waals surface area contributed by atoms with Gasteiger partial charge in [0.05, 0.1) is 23.0 Å². The molecule has 2 rings (SSSR count). The van der Waals surface area contributed by atoms with Gasteiger partial charge in [-0.05, 0) is 40.2 Å². The number of sulfonamides is 1. The average molecular weight is 479 g/mol. The van der Waals surface area contributed by atoms with E-state index in [1.54, 1.807) is 24.3 Å². The van der Waals surface area contributed by atoms with Gasteiger partial charge < -0.3 is 20.5 Å². The van der Waals surface area contributed by atoms with Crippen molar-refractivity contribution in [2.75, 3.05) is 30.9 Å². The largest absolute Gasteiger partial charge is 0.504 e. The maximum Gasteiger partial charge on any atom is 0.323 e. The van der Waals surface area contributed by atoms with Crippen LogP contribution in [0.2, 0.25) is 5.02 Å². The Kier molecular flexibility index (Phi) is 7.45. The molecule has 0 spiro atoms. The van der Waals surface area contributed by atoms with Crippen LogP contribution in [0.15, 0.2) is 45.8 Å². The second-order valence-electron chi connectivity index (χ2n) is 5.22. The van der Waals surface area contributed by atoms with Crippen molar-refractivity contribution in [3.8, 4) is 5.75 Å². The van der Waals surface area contributed by atoms with E-state index in [-0.39, 0.29) is 23.9 Å². The summed E-state index contributed by atoms with van der Waals surface area (Å²) in [5.41, 5.74) is 0.383. The lowest BCUT2D eigenvalue weighted by Gasteiger charge is -2.14. The van der Waals surface area contributed by atoms with E-state index in [0.717, 1.165) is 0 Å². The van der Waals surface area contributed by atoms with Crippen LogP contribution in [0.25, 0.3) is 0 Å². The molecule has 4 N–H and O–H groups in total. The maximum absolute atomic E-state index is 12.4. The molecule has 0 radical (unpaired) electrons. The summed E-state index contributed by atoms with van der Waals surface area (Å²) in [6.07, 6.45) is 0. The summed E-state index contributed by atoms with van der Waals surface area (Å²) in [5.74, 6) is -0.672. The lowest BCUT2D eigenvalue weighted by atomic mass is 10.3. The van der Waals surface area contributed by atoms with Crippen molar-refractivity contribution in [3.63, 3.8) is 0 Å². The molecule has 2 amide bonds. The molecule has 2 aromatic rings. The predicted molar refractivity (Wildman–Crippen MR) is 107 cm³/mol. The summed E-state index contributed by atoms with van der Waals surface area (Å²) >= 11 is 9.24. The second kappa shape index (κ2) is 9.38. The Morgan fingerprint density at radius 1 is 1.19 bits per heavy atom. The van der Waals surface area contributed by atoms with Gasteiger partial charge in [0.1, 0.15) is 4.90 Å². The Balaban J connectivity index is 2.24. The van der Waals surface area contributed by atoms with Gasteiger partial charge in [-0.25, -0.2) is 17.9 Å². The van der Waals surface area contributed by atoms with E-state index >= 15 is 0 Å². The number of carbonyl (C=O) groups is 1. The Morgan fingerprint density at radius 2 is 1.85 bits per heavy atom. The summed E-state index contributed by atoms with van der Waals surface area (Å²) in [5, 5.41) is 15.1. The van der Waals surface area contributed by atoms with Crippen LogP contribution in [0.4, 0.5) is 16.2 Å². The Bertz CT molecular complexity index is 940. The molecule has 0 atom stereocenters. The Labute approximate surface area is 170 Å². The van der Waals surface area contributed by atoms with Crippen molar-refractivity contribution < 1.29 is 23.1 Å². The molecule has 0 bridgehead atoms. The summed E-state index contributed by atoms with van der Waals surface area (Å²) in [4.78, 5) is 11.6. The smallest absolute Gasteiger partial charge is 0.323 e. The number of phenols is 1. The van der Waals surface area contributed by atoms with E-state index in [9.17, 15) is 18.3 Å². The van der Waals surface area contributed by atoms with E-state index in [1.165, 1.54) is 19.2 Å². The molecule has 27 heavy (non-hydrogen) atoms. The maximum atomic E-state index is 12.4.